The molecule has 0 aliphatic rings. The summed E-state index contributed by atoms with van der Waals surface area (Å²) in [5, 5.41) is 0.543. The average Bonchev–Trinajstić information content (AvgIpc) is 2.68. The fraction of sp³-hybridized carbons (Fsp3) is 0. The van der Waals surface area contributed by atoms with Crippen LogP contribution in [0.5, 0.6) is 5.75 Å². The number of hydrogen-bond donors (Lipinski definition) is 0. The van der Waals surface area contributed by atoms with Gasteiger partial charge in [0, 0.05) is 20.6 Å². The Hall–Kier alpha value is -2.69. The van der Waals surface area contributed by atoms with Gasteiger partial charge in [0.25, 0.3) is 0 Å². The molecule has 0 N–H and O–H groups in total. The van der Waals surface area contributed by atoms with Gasteiger partial charge in [0.1, 0.15) is 5.75 Å². The predicted octanol–water partition coefficient (Wildman–Crippen LogP) is 6.22. The zero-order chi connectivity index (χ0) is 19.2. The quantitative estimate of drug-likeness (QED) is 0.204. The minimum absolute atomic E-state index is 0.138. The van der Waals surface area contributed by atoms with Crippen molar-refractivity contribution in [3.05, 3.63) is 105 Å². The van der Waals surface area contributed by atoms with Gasteiger partial charge < -0.3 is 4.74 Å². The maximum atomic E-state index is 12.3. The Morgan fingerprint density at radius 1 is 0.852 bits per heavy atom. The first-order chi connectivity index (χ1) is 13.0. The second kappa shape index (κ2) is 8.80. The molecule has 3 nitrogen and oxygen atoms in total. The third kappa shape index (κ3) is 5.16. The summed E-state index contributed by atoms with van der Waals surface area (Å²) in [6.07, 6.45) is 3.09. The van der Waals surface area contributed by atoms with Crippen LogP contribution < -0.4 is 4.74 Å². The Morgan fingerprint density at radius 2 is 1.48 bits per heavy atom. The van der Waals surface area contributed by atoms with Gasteiger partial charge in [0.2, 0.25) is 0 Å². The zero-order valence-corrected chi connectivity index (χ0v) is 16.4. The Labute approximate surface area is 170 Å². The number of esters is 1. The Kier molecular flexibility index (Phi) is 6.22. The van der Waals surface area contributed by atoms with Crippen LogP contribution >= 0.6 is 27.5 Å². The van der Waals surface area contributed by atoms with Crippen molar-refractivity contribution in [1.29, 1.82) is 0 Å². The molecule has 27 heavy (non-hydrogen) atoms. The molecule has 0 aliphatic carbocycles. The lowest BCUT2D eigenvalue weighted by Gasteiger charge is -2.07. The number of benzene rings is 3. The summed E-state index contributed by atoms with van der Waals surface area (Å²) in [7, 11) is 0. The van der Waals surface area contributed by atoms with Crippen molar-refractivity contribution >= 4 is 45.4 Å². The topological polar surface area (TPSA) is 43.4 Å². The maximum absolute atomic E-state index is 12.3. The molecule has 3 aromatic carbocycles. The van der Waals surface area contributed by atoms with Crippen molar-refractivity contribution in [2.24, 2.45) is 0 Å². The highest BCUT2D eigenvalue weighted by atomic mass is 79.9. The number of carbonyl (C=O) groups is 2. The third-order valence-electron chi connectivity index (χ3n) is 3.74. The Bertz CT molecular complexity index is 993. The van der Waals surface area contributed by atoms with Crippen LogP contribution in [0.15, 0.2) is 83.3 Å². The summed E-state index contributed by atoms with van der Waals surface area (Å²) in [4.78, 5) is 24.6. The van der Waals surface area contributed by atoms with E-state index in [1.165, 1.54) is 6.08 Å². The molecule has 0 aliphatic heterocycles. The normalized spacial score (nSPS) is 10.7. The van der Waals surface area contributed by atoms with E-state index in [9.17, 15) is 9.59 Å². The molecule has 3 aromatic rings. The second-order valence-corrected chi connectivity index (χ2v) is 6.99. The number of ether oxygens (including phenoxy) is 1. The average molecular weight is 442 g/mol. The molecule has 0 unspecified atom stereocenters. The van der Waals surface area contributed by atoms with Gasteiger partial charge in [0.15, 0.2) is 5.78 Å². The number of ketones is 1. The maximum Gasteiger partial charge on any atom is 0.343 e. The highest BCUT2D eigenvalue weighted by Gasteiger charge is 2.11. The highest BCUT2D eigenvalue weighted by Crippen LogP contribution is 2.22. The van der Waals surface area contributed by atoms with E-state index in [-0.39, 0.29) is 5.78 Å². The highest BCUT2D eigenvalue weighted by molar-refractivity contribution is 9.10. The summed E-state index contributed by atoms with van der Waals surface area (Å²) in [5.41, 5.74) is 1.60. The van der Waals surface area contributed by atoms with E-state index < -0.39 is 5.97 Å². The van der Waals surface area contributed by atoms with E-state index in [1.807, 2.05) is 18.2 Å². The van der Waals surface area contributed by atoms with Crippen molar-refractivity contribution in [3.8, 4) is 5.75 Å². The monoisotopic (exact) mass is 440 g/mol. The first kappa shape index (κ1) is 19.1. The van der Waals surface area contributed by atoms with E-state index in [0.717, 1.165) is 4.47 Å². The van der Waals surface area contributed by atoms with Crippen molar-refractivity contribution < 1.29 is 14.3 Å². The van der Waals surface area contributed by atoms with Crippen LogP contribution in [0.1, 0.15) is 26.3 Å². The summed E-state index contributed by atoms with van der Waals surface area (Å²) >= 11 is 9.18. The van der Waals surface area contributed by atoms with Crippen molar-refractivity contribution in [3.63, 3.8) is 0 Å². The van der Waals surface area contributed by atoms with Crippen molar-refractivity contribution in [2.45, 2.75) is 0 Å². The van der Waals surface area contributed by atoms with Crippen LogP contribution in [0.3, 0.4) is 0 Å². The van der Waals surface area contributed by atoms with Crippen LogP contribution in [0, 0.1) is 0 Å². The smallest absolute Gasteiger partial charge is 0.343 e. The number of carbonyl (C=O) groups excluding carboxylic acids is 2. The Balaban J connectivity index is 1.77. The van der Waals surface area contributed by atoms with Crippen LogP contribution in [0.4, 0.5) is 0 Å². The molecule has 134 valence electrons. The molecule has 3 rings (SSSR count). The van der Waals surface area contributed by atoms with Gasteiger partial charge in [-0.3, -0.25) is 4.79 Å². The van der Waals surface area contributed by atoms with Crippen LogP contribution in [0.2, 0.25) is 5.02 Å². The fourth-order valence-electron chi connectivity index (χ4n) is 2.33. The standard InChI is InChI=1S/C22H14BrClO3/c23-18-10-5-15(6-11-18)20(25)14-9-16-3-1-2-4-21(16)27-22(26)17-7-12-19(24)13-8-17/h1-14H. The van der Waals surface area contributed by atoms with Gasteiger partial charge in [0.05, 0.1) is 5.56 Å². The van der Waals surface area contributed by atoms with Gasteiger partial charge in [-0.05, 0) is 66.7 Å². The van der Waals surface area contributed by atoms with Crippen LogP contribution in [0.25, 0.3) is 6.08 Å². The number of para-hydroxylation sites is 1. The molecule has 0 aromatic heterocycles. The summed E-state index contributed by atoms with van der Waals surface area (Å²) in [6.45, 7) is 0. The van der Waals surface area contributed by atoms with Gasteiger partial charge in [-0.2, -0.15) is 0 Å². The number of allylic oxidation sites excluding steroid dienone is 1. The first-order valence-corrected chi connectivity index (χ1v) is 9.25. The molecule has 5 heteroatoms. The molecule has 0 radical (unpaired) electrons. The van der Waals surface area contributed by atoms with Gasteiger partial charge in [-0.15, -0.1) is 0 Å². The summed E-state index contributed by atoms with van der Waals surface area (Å²) in [6, 6.07) is 20.6. The minimum Gasteiger partial charge on any atom is -0.422 e. The number of rotatable bonds is 5. The largest absolute Gasteiger partial charge is 0.422 e. The predicted molar refractivity (Wildman–Crippen MR) is 110 cm³/mol. The molecule has 0 heterocycles. The van der Waals surface area contributed by atoms with E-state index in [2.05, 4.69) is 15.9 Å². The third-order valence-corrected chi connectivity index (χ3v) is 4.53. The molecule has 0 saturated heterocycles. The molecular formula is C22H14BrClO3. The molecular weight excluding hydrogens is 428 g/mol. The SMILES string of the molecule is O=C(C=Cc1ccccc1OC(=O)c1ccc(Cl)cc1)c1ccc(Br)cc1. The fourth-order valence-corrected chi connectivity index (χ4v) is 2.72. The van der Waals surface area contributed by atoms with Gasteiger partial charge >= 0.3 is 5.97 Å². The molecule has 0 fully saturated rings. The van der Waals surface area contributed by atoms with E-state index in [1.54, 1.807) is 60.7 Å². The summed E-state index contributed by atoms with van der Waals surface area (Å²) in [5.74, 6) is -0.259. The van der Waals surface area contributed by atoms with Crippen LogP contribution in [-0.4, -0.2) is 11.8 Å². The Morgan fingerprint density at radius 3 is 2.19 bits per heavy atom. The number of halogens is 2. The van der Waals surface area contributed by atoms with E-state index in [0.29, 0.717) is 27.5 Å². The lowest BCUT2D eigenvalue weighted by Crippen LogP contribution is -2.09. The lowest BCUT2D eigenvalue weighted by atomic mass is 10.1. The molecule has 0 amide bonds. The molecule has 0 saturated carbocycles. The van der Waals surface area contributed by atoms with Gasteiger partial charge in [-0.25, -0.2) is 4.79 Å². The minimum atomic E-state index is -0.494. The molecule has 0 spiro atoms. The van der Waals surface area contributed by atoms with Crippen LogP contribution in [-0.2, 0) is 0 Å². The molecule has 0 atom stereocenters. The zero-order valence-electron chi connectivity index (χ0n) is 14.1. The molecule has 0 bridgehead atoms. The van der Waals surface area contributed by atoms with Crippen molar-refractivity contribution in [1.82, 2.24) is 0 Å². The number of hydrogen-bond acceptors (Lipinski definition) is 3. The van der Waals surface area contributed by atoms with E-state index in [4.69, 9.17) is 16.3 Å². The van der Waals surface area contributed by atoms with Crippen molar-refractivity contribution in [2.75, 3.05) is 0 Å². The van der Waals surface area contributed by atoms with Gasteiger partial charge in [-0.1, -0.05) is 45.7 Å². The second-order valence-electron chi connectivity index (χ2n) is 5.64. The lowest BCUT2D eigenvalue weighted by molar-refractivity contribution is 0.0734. The van der Waals surface area contributed by atoms with E-state index >= 15 is 0 Å². The summed E-state index contributed by atoms with van der Waals surface area (Å²) < 4.78 is 6.38. The first-order valence-electron chi connectivity index (χ1n) is 8.08.